The summed E-state index contributed by atoms with van der Waals surface area (Å²) in [5.74, 6) is 0.349. The van der Waals surface area contributed by atoms with Gasteiger partial charge in [-0.2, -0.15) is 5.10 Å². The van der Waals surface area contributed by atoms with Crippen molar-refractivity contribution in [3.05, 3.63) is 30.2 Å². The van der Waals surface area contributed by atoms with Gasteiger partial charge in [-0.3, -0.25) is 4.79 Å². The molecule has 120 valence electrons. The van der Waals surface area contributed by atoms with Gasteiger partial charge in [0.25, 0.3) is 0 Å². The van der Waals surface area contributed by atoms with E-state index in [4.69, 9.17) is 0 Å². The molecule has 0 aliphatic heterocycles. The SMILES string of the molecule is CC(C)CNC(=O)CSc1nncc2c1[nH]c1ccc(F)cc12. The highest BCUT2D eigenvalue weighted by atomic mass is 32.2. The van der Waals surface area contributed by atoms with Crippen LogP contribution in [0.15, 0.2) is 29.4 Å². The largest absolute Gasteiger partial charge is 0.355 e. The van der Waals surface area contributed by atoms with Crippen molar-refractivity contribution >= 4 is 39.5 Å². The van der Waals surface area contributed by atoms with Gasteiger partial charge in [0.15, 0.2) is 0 Å². The van der Waals surface area contributed by atoms with E-state index in [9.17, 15) is 9.18 Å². The Morgan fingerprint density at radius 1 is 1.39 bits per heavy atom. The molecule has 0 fully saturated rings. The van der Waals surface area contributed by atoms with Crippen LogP contribution in [0.5, 0.6) is 0 Å². The molecule has 0 atom stereocenters. The Bertz CT molecular complexity index is 862. The van der Waals surface area contributed by atoms with Gasteiger partial charge in [0.1, 0.15) is 10.8 Å². The summed E-state index contributed by atoms with van der Waals surface area (Å²) in [6.45, 7) is 4.74. The van der Waals surface area contributed by atoms with Gasteiger partial charge < -0.3 is 10.3 Å². The Kier molecular flexibility index (Phi) is 4.47. The van der Waals surface area contributed by atoms with Crippen molar-refractivity contribution in [1.29, 1.82) is 0 Å². The zero-order valence-electron chi connectivity index (χ0n) is 12.9. The molecule has 0 unspecified atom stereocenters. The van der Waals surface area contributed by atoms with Gasteiger partial charge in [-0.15, -0.1) is 5.10 Å². The summed E-state index contributed by atoms with van der Waals surface area (Å²) in [4.78, 5) is 15.1. The van der Waals surface area contributed by atoms with Gasteiger partial charge >= 0.3 is 0 Å². The van der Waals surface area contributed by atoms with E-state index in [-0.39, 0.29) is 17.5 Å². The number of amides is 1. The zero-order valence-corrected chi connectivity index (χ0v) is 13.7. The second-order valence-corrected chi connectivity index (χ2v) is 6.70. The molecule has 1 amide bonds. The van der Waals surface area contributed by atoms with Crippen molar-refractivity contribution in [3.63, 3.8) is 0 Å². The van der Waals surface area contributed by atoms with E-state index in [0.29, 0.717) is 17.5 Å². The molecule has 2 N–H and O–H groups in total. The maximum absolute atomic E-state index is 13.4. The number of H-pyrrole nitrogens is 1. The lowest BCUT2D eigenvalue weighted by molar-refractivity contribution is -0.118. The van der Waals surface area contributed by atoms with Crippen LogP contribution < -0.4 is 5.32 Å². The highest BCUT2D eigenvalue weighted by Crippen LogP contribution is 2.30. The Morgan fingerprint density at radius 2 is 2.22 bits per heavy atom. The van der Waals surface area contributed by atoms with Crippen molar-refractivity contribution in [2.75, 3.05) is 12.3 Å². The number of rotatable bonds is 5. The molecule has 0 spiro atoms. The van der Waals surface area contributed by atoms with Crippen LogP contribution in [0.3, 0.4) is 0 Å². The fourth-order valence-corrected chi connectivity index (χ4v) is 3.06. The topological polar surface area (TPSA) is 70.7 Å². The number of halogens is 1. The lowest BCUT2D eigenvalue weighted by Crippen LogP contribution is -2.28. The lowest BCUT2D eigenvalue weighted by Gasteiger charge is -2.07. The van der Waals surface area contributed by atoms with E-state index in [1.807, 2.05) is 13.8 Å². The summed E-state index contributed by atoms with van der Waals surface area (Å²) in [7, 11) is 0. The molecule has 1 aromatic carbocycles. The van der Waals surface area contributed by atoms with Crippen LogP contribution >= 0.6 is 11.8 Å². The first kappa shape index (κ1) is 15.7. The molecule has 5 nitrogen and oxygen atoms in total. The minimum Gasteiger partial charge on any atom is -0.355 e. The summed E-state index contributed by atoms with van der Waals surface area (Å²) >= 11 is 1.32. The minimum atomic E-state index is -0.294. The van der Waals surface area contributed by atoms with Crippen LogP contribution in [0, 0.1) is 11.7 Å². The van der Waals surface area contributed by atoms with Gasteiger partial charge in [-0.25, -0.2) is 4.39 Å². The van der Waals surface area contributed by atoms with Crippen LogP contribution in [0.2, 0.25) is 0 Å². The number of carbonyl (C=O) groups is 1. The van der Waals surface area contributed by atoms with E-state index >= 15 is 0 Å². The van der Waals surface area contributed by atoms with Crippen LogP contribution in [0.1, 0.15) is 13.8 Å². The van der Waals surface area contributed by atoms with E-state index in [0.717, 1.165) is 21.8 Å². The number of hydrogen-bond acceptors (Lipinski definition) is 4. The number of benzene rings is 1. The standard InChI is InChI=1S/C16H17FN4OS/c1-9(2)6-18-14(22)8-23-16-15-12(7-19-21-16)11-5-10(17)3-4-13(11)20-15/h3-5,7,9,20H,6,8H2,1-2H3,(H,18,22). The van der Waals surface area contributed by atoms with Crippen molar-refractivity contribution in [2.45, 2.75) is 18.9 Å². The molecule has 0 saturated heterocycles. The minimum absolute atomic E-state index is 0.0374. The summed E-state index contributed by atoms with van der Waals surface area (Å²) in [5.41, 5.74) is 1.60. The summed E-state index contributed by atoms with van der Waals surface area (Å²) in [6.07, 6.45) is 1.61. The molecule has 3 aromatic rings. The first-order valence-corrected chi connectivity index (χ1v) is 8.35. The van der Waals surface area contributed by atoms with Crippen LogP contribution in [0.25, 0.3) is 21.8 Å². The molecule has 3 rings (SSSR count). The molecular formula is C16H17FN4OS. The van der Waals surface area contributed by atoms with Crippen molar-refractivity contribution in [1.82, 2.24) is 20.5 Å². The Balaban J connectivity index is 1.84. The molecule has 0 aliphatic rings. The number of hydrogen-bond donors (Lipinski definition) is 2. The average molecular weight is 332 g/mol. The second kappa shape index (κ2) is 6.54. The fraction of sp³-hybridized carbons (Fsp3) is 0.312. The van der Waals surface area contributed by atoms with Crippen LogP contribution in [-0.2, 0) is 4.79 Å². The summed E-state index contributed by atoms with van der Waals surface area (Å²) in [5, 5.41) is 13.1. The van der Waals surface area contributed by atoms with Gasteiger partial charge in [0.05, 0.1) is 17.5 Å². The highest BCUT2D eigenvalue weighted by molar-refractivity contribution is 8.00. The van der Waals surface area contributed by atoms with E-state index in [1.54, 1.807) is 12.3 Å². The fourth-order valence-electron chi connectivity index (χ4n) is 2.28. The predicted octanol–water partition coefficient (Wildman–Crippen LogP) is 3.11. The number of nitrogens with one attached hydrogen (secondary N) is 2. The monoisotopic (exact) mass is 332 g/mol. The maximum Gasteiger partial charge on any atom is 0.230 e. The predicted molar refractivity (Wildman–Crippen MR) is 89.9 cm³/mol. The number of nitrogens with zero attached hydrogens (tertiary/aromatic N) is 2. The first-order valence-electron chi connectivity index (χ1n) is 7.36. The lowest BCUT2D eigenvalue weighted by atomic mass is 10.2. The molecule has 7 heteroatoms. The molecular weight excluding hydrogens is 315 g/mol. The number of fused-ring (bicyclic) bond motifs is 3. The van der Waals surface area contributed by atoms with Crippen molar-refractivity contribution < 1.29 is 9.18 Å². The number of aromatic nitrogens is 3. The van der Waals surface area contributed by atoms with Gasteiger partial charge in [-0.05, 0) is 24.1 Å². The van der Waals surface area contributed by atoms with E-state index in [2.05, 4.69) is 20.5 Å². The molecule has 0 bridgehead atoms. The molecule has 2 heterocycles. The molecule has 0 radical (unpaired) electrons. The Morgan fingerprint density at radius 3 is 3.00 bits per heavy atom. The first-order chi connectivity index (χ1) is 11.0. The summed E-state index contributed by atoms with van der Waals surface area (Å²) in [6, 6.07) is 4.57. The number of thioether (sulfide) groups is 1. The normalized spacial score (nSPS) is 11.5. The smallest absolute Gasteiger partial charge is 0.230 e. The van der Waals surface area contributed by atoms with Crippen molar-refractivity contribution in [2.24, 2.45) is 5.92 Å². The summed E-state index contributed by atoms with van der Waals surface area (Å²) < 4.78 is 13.4. The van der Waals surface area contributed by atoms with Gasteiger partial charge in [-0.1, -0.05) is 25.6 Å². The van der Waals surface area contributed by atoms with E-state index in [1.165, 1.54) is 23.9 Å². The van der Waals surface area contributed by atoms with Gasteiger partial charge in [0.2, 0.25) is 5.91 Å². The van der Waals surface area contributed by atoms with Crippen LogP contribution in [-0.4, -0.2) is 33.4 Å². The Hall–Kier alpha value is -2.15. The molecule has 0 saturated carbocycles. The zero-order chi connectivity index (χ0) is 16.4. The van der Waals surface area contributed by atoms with Gasteiger partial charge in [0, 0.05) is 22.8 Å². The molecule has 2 aromatic heterocycles. The number of carbonyl (C=O) groups excluding carboxylic acids is 1. The highest BCUT2D eigenvalue weighted by Gasteiger charge is 2.13. The molecule has 0 aliphatic carbocycles. The molecule has 23 heavy (non-hydrogen) atoms. The third-order valence-corrected chi connectivity index (χ3v) is 4.36. The third-order valence-electron chi connectivity index (χ3n) is 3.40. The average Bonchev–Trinajstić information content (AvgIpc) is 2.89. The second-order valence-electron chi connectivity index (χ2n) is 5.74. The van der Waals surface area contributed by atoms with E-state index < -0.39 is 0 Å². The van der Waals surface area contributed by atoms with Crippen LogP contribution in [0.4, 0.5) is 4.39 Å². The quantitative estimate of drug-likeness (QED) is 0.704. The number of aromatic amines is 1. The third kappa shape index (κ3) is 3.44. The maximum atomic E-state index is 13.4. The Labute approximate surface area is 137 Å². The van der Waals surface area contributed by atoms with Crippen molar-refractivity contribution in [3.8, 4) is 0 Å².